The average molecular weight is 351 g/mol. The Balaban J connectivity index is 1.85. The molecule has 0 aromatic heterocycles. The van der Waals surface area contributed by atoms with E-state index < -0.39 is 11.6 Å². The van der Waals surface area contributed by atoms with Crippen LogP contribution in [0, 0.1) is 11.6 Å². The van der Waals surface area contributed by atoms with Crippen molar-refractivity contribution in [2.45, 2.75) is 25.7 Å². The summed E-state index contributed by atoms with van der Waals surface area (Å²) in [6, 6.07) is 8.35. The average Bonchev–Trinajstić information content (AvgIpc) is 2.92. The number of halogens is 3. The third kappa shape index (κ3) is 2.77. The number of hydrogen-bond donors (Lipinski definition) is 0. The first-order valence-electron chi connectivity index (χ1n) is 6.83. The minimum Gasteiger partial charge on any atom is -0.294 e. The molecule has 0 atom stereocenters. The van der Waals surface area contributed by atoms with E-state index in [1.165, 1.54) is 17.2 Å². The van der Waals surface area contributed by atoms with Crippen LogP contribution in [0.25, 0.3) is 0 Å². The minimum absolute atomic E-state index is 0.103. The number of hydrogen-bond acceptors (Lipinski definition) is 1. The lowest BCUT2D eigenvalue weighted by molar-refractivity contribution is 0.0991. The first-order valence-corrected chi connectivity index (χ1v) is 7.63. The summed E-state index contributed by atoms with van der Waals surface area (Å²) >= 11 is 2.96. The van der Waals surface area contributed by atoms with E-state index >= 15 is 0 Å². The maximum atomic E-state index is 13.5. The number of fused-ring (bicyclic) bond motifs is 1. The SMILES string of the molecule is O=C(Cc1ccc2c(c1)CCC2)c1ccc(F)c(F)c1Br. The Bertz CT molecular complexity index is 725. The zero-order chi connectivity index (χ0) is 15.0. The van der Waals surface area contributed by atoms with Crippen molar-refractivity contribution in [1.82, 2.24) is 0 Å². The molecule has 0 spiro atoms. The van der Waals surface area contributed by atoms with Crippen LogP contribution in [0.3, 0.4) is 0 Å². The summed E-state index contributed by atoms with van der Waals surface area (Å²) < 4.78 is 26.5. The van der Waals surface area contributed by atoms with Crippen molar-refractivity contribution >= 4 is 21.7 Å². The second-order valence-electron chi connectivity index (χ2n) is 5.28. The molecular formula is C17H13BrF2O. The molecule has 2 aromatic rings. The molecule has 0 unspecified atom stereocenters. The summed E-state index contributed by atoms with van der Waals surface area (Å²) in [5, 5.41) is 0. The number of Topliss-reactive ketones (excluding diaryl/α,β-unsaturated/α-hetero) is 1. The molecule has 108 valence electrons. The van der Waals surface area contributed by atoms with E-state index in [1.807, 2.05) is 12.1 Å². The zero-order valence-electron chi connectivity index (χ0n) is 11.3. The van der Waals surface area contributed by atoms with Crippen molar-refractivity contribution in [2.75, 3.05) is 0 Å². The molecule has 21 heavy (non-hydrogen) atoms. The largest absolute Gasteiger partial charge is 0.294 e. The third-order valence-electron chi connectivity index (χ3n) is 3.86. The topological polar surface area (TPSA) is 17.1 Å². The predicted octanol–water partition coefficient (Wildman–Crippen LogP) is 4.64. The van der Waals surface area contributed by atoms with Crippen LogP contribution in [0.2, 0.25) is 0 Å². The summed E-state index contributed by atoms with van der Waals surface area (Å²) in [6.45, 7) is 0. The number of aryl methyl sites for hydroxylation is 2. The molecule has 4 heteroatoms. The molecule has 0 amide bonds. The van der Waals surface area contributed by atoms with Crippen molar-refractivity contribution in [3.8, 4) is 0 Å². The molecule has 3 rings (SSSR count). The Hall–Kier alpha value is -1.55. The Morgan fingerprint density at radius 2 is 1.86 bits per heavy atom. The van der Waals surface area contributed by atoms with Crippen LogP contribution in [0.15, 0.2) is 34.8 Å². The molecule has 0 heterocycles. The minimum atomic E-state index is -1.02. The van der Waals surface area contributed by atoms with Gasteiger partial charge in [0.25, 0.3) is 0 Å². The smallest absolute Gasteiger partial charge is 0.173 e. The highest BCUT2D eigenvalue weighted by atomic mass is 79.9. The monoisotopic (exact) mass is 350 g/mol. The van der Waals surface area contributed by atoms with Crippen molar-refractivity contribution in [1.29, 1.82) is 0 Å². The van der Waals surface area contributed by atoms with Gasteiger partial charge in [0.15, 0.2) is 17.4 Å². The molecule has 0 saturated carbocycles. The molecule has 1 aliphatic carbocycles. The van der Waals surface area contributed by atoms with E-state index in [0.29, 0.717) is 0 Å². The molecule has 0 fully saturated rings. The van der Waals surface area contributed by atoms with Gasteiger partial charge in [-0.05, 0) is 64.0 Å². The van der Waals surface area contributed by atoms with E-state index in [1.54, 1.807) is 0 Å². The Morgan fingerprint density at radius 3 is 2.67 bits per heavy atom. The van der Waals surface area contributed by atoms with Gasteiger partial charge in [0, 0.05) is 12.0 Å². The fourth-order valence-corrected chi connectivity index (χ4v) is 3.30. The summed E-state index contributed by atoms with van der Waals surface area (Å²) in [7, 11) is 0. The van der Waals surface area contributed by atoms with E-state index in [4.69, 9.17) is 0 Å². The summed E-state index contributed by atoms with van der Waals surface area (Å²) in [5.74, 6) is -2.20. The van der Waals surface area contributed by atoms with Gasteiger partial charge in [-0.15, -0.1) is 0 Å². The van der Waals surface area contributed by atoms with Gasteiger partial charge in [0.1, 0.15) is 0 Å². The maximum Gasteiger partial charge on any atom is 0.173 e. The van der Waals surface area contributed by atoms with Crippen LogP contribution in [0.5, 0.6) is 0 Å². The molecule has 0 radical (unpaired) electrons. The Morgan fingerprint density at radius 1 is 1.10 bits per heavy atom. The van der Waals surface area contributed by atoms with E-state index in [9.17, 15) is 13.6 Å². The van der Waals surface area contributed by atoms with Crippen LogP contribution < -0.4 is 0 Å². The van der Waals surface area contributed by atoms with Gasteiger partial charge in [0.2, 0.25) is 0 Å². The lowest BCUT2D eigenvalue weighted by Crippen LogP contribution is -2.06. The summed E-state index contributed by atoms with van der Waals surface area (Å²) in [4.78, 5) is 12.3. The number of carbonyl (C=O) groups is 1. The number of ketones is 1. The van der Waals surface area contributed by atoms with Crippen molar-refractivity contribution in [2.24, 2.45) is 0 Å². The second-order valence-corrected chi connectivity index (χ2v) is 6.07. The van der Waals surface area contributed by atoms with E-state index in [-0.39, 0.29) is 22.2 Å². The van der Waals surface area contributed by atoms with Gasteiger partial charge < -0.3 is 0 Å². The lowest BCUT2D eigenvalue weighted by Gasteiger charge is -2.07. The first kappa shape index (κ1) is 14.4. The molecule has 0 N–H and O–H groups in total. The summed E-state index contributed by atoms with van der Waals surface area (Å²) in [6.07, 6.45) is 3.49. The molecule has 1 aliphatic rings. The molecule has 2 aromatic carbocycles. The number of rotatable bonds is 3. The van der Waals surface area contributed by atoms with Crippen LogP contribution in [0.1, 0.15) is 33.5 Å². The van der Waals surface area contributed by atoms with Crippen LogP contribution in [0.4, 0.5) is 8.78 Å². The molecule has 1 nitrogen and oxygen atoms in total. The fraction of sp³-hybridized carbons (Fsp3) is 0.235. The normalized spacial score (nSPS) is 13.3. The molecule has 0 saturated heterocycles. The fourth-order valence-electron chi connectivity index (χ4n) is 2.76. The summed E-state index contributed by atoms with van der Waals surface area (Å²) in [5.41, 5.74) is 3.73. The number of carbonyl (C=O) groups excluding carboxylic acids is 1. The third-order valence-corrected chi connectivity index (χ3v) is 4.64. The Labute approximate surface area is 130 Å². The van der Waals surface area contributed by atoms with Crippen LogP contribution in [-0.4, -0.2) is 5.78 Å². The Kier molecular flexibility index (Phi) is 3.89. The van der Waals surface area contributed by atoms with Gasteiger partial charge in [-0.3, -0.25) is 4.79 Å². The highest BCUT2D eigenvalue weighted by Crippen LogP contribution is 2.26. The highest BCUT2D eigenvalue weighted by molar-refractivity contribution is 9.10. The van der Waals surface area contributed by atoms with Gasteiger partial charge in [-0.1, -0.05) is 18.2 Å². The quantitative estimate of drug-likeness (QED) is 0.582. The van der Waals surface area contributed by atoms with Gasteiger partial charge in [-0.2, -0.15) is 0 Å². The van der Waals surface area contributed by atoms with Crippen molar-refractivity contribution in [3.05, 3.63) is 68.7 Å². The standard InChI is InChI=1S/C17H13BrF2O/c18-16-13(6-7-14(19)17(16)20)15(21)9-10-4-5-11-2-1-3-12(11)8-10/h4-8H,1-3,9H2. The van der Waals surface area contributed by atoms with Gasteiger partial charge >= 0.3 is 0 Å². The molecule has 0 bridgehead atoms. The van der Waals surface area contributed by atoms with Crippen LogP contribution in [-0.2, 0) is 19.3 Å². The van der Waals surface area contributed by atoms with Gasteiger partial charge in [-0.25, -0.2) is 8.78 Å². The van der Waals surface area contributed by atoms with Crippen molar-refractivity contribution < 1.29 is 13.6 Å². The zero-order valence-corrected chi connectivity index (χ0v) is 12.8. The second kappa shape index (κ2) is 5.68. The molecule has 0 aliphatic heterocycles. The lowest BCUT2D eigenvalue weighted by atomic mass is 9.99. The molecular weight excluding hydrogens is 338 g/mol. The first-order chi connectivity index (χ1) is 10.1. The highest BCUT2D eigenvalue weighted by Gasteiger charge is 2.18. The van der Waals surface area contributed by atoms with Crippen molar-refractivity contribution in [3.63, 3.8) is 0 Å². The predicted molar refractivity (Wildman–Crippen MR) is 80.6 cm³/mol. The van der Waals surface area contributed by atoms with Crippen LogP contribution >= 0.6 is 15.9 Å². The van der Waals surface area contributed by atoms with E-state index in [0.717, 1.165) is 30.9 Å². The van der Waals surface area contributed by atoms with Gasteiger partial charge in [0.05, 0.1) is 4.47 Å². The van der Waals surface area contributed by atoms with E-state index in [2.05, 4.69) is 22.0 Å². The maximum absolute atomic E-state index is 13.5. The number of benzene rings is 2.